The third kappa shape index (κ3) is 7.60. The highest BCUT2D eigenvalue weighted by atomic mass is 32.2. The van der Waals surface area contributed by atoms with E-state index in [1.165, 1.54) is 17.2 Å². The van der Waals surface area contributed by atoms with Gasteiger partial charge >= 0.3 is 7.82 Å². The number of aryl methyl sites for hydroxylation is 2. The molecule has 0 aliphatic heterocycles. The van der Waals surface area contributed by atoms with E-state index >= 15 is 0 Å². The normalized spacial score (nSPS) is 12.4. The van der Waals surface area contributed by atoms with Crippen molar-refractivity contribution in [2.75, 3.05) is 12.3 Å². The van der Waals surface area contributed by atoms with Crippen LogP contribution in [0.5, 0.6) is 0 Å². The second kappa shape index (κ2) is 10.7. The highest BCUT2D eigenvalue weighted by Crippen LogP contribution is 2.37. The molecule has 2 aromatic heterocycles. The number of phosphoric acid groups is 1. The second-order valence-electron chi connectivity index (χ2n) is 6.44. The van der Waals surface area contributed by atoms with Gasteiger partial charge in [0.2, 0.25) is 6.41 Å². The number of allylic oxidation sites excluding steroid dienone is 1. The van der Waals surface area contributed by atoms with Crippen LogP contribution in [-0.4, -0.2) is 42.8 Å². The van der Waals surface area contributed by atoms with Gasteiger partial charge in [0.05, 0.1) is 13.2 Å². The molecule has 1 amide bonds. The van der Waals surface area contributed by atoms with Crippen LogP contribution in [0.4, 0.5) is 5.82 Å². The lowest BCUT2D eigenvalue weighted by atomic mass is 10.2. The lowest BCUT2D eigenvalue weighted by Gasteiger charge is -2.22. The molecular weight excluding hydrogens is 447 g/mol. The molecule has 4 N–H and O–H groups in total. The summed E-state index contributed by atoms with van der Waals surface area (Å²) in [6, 6.07) is 3.16. The van der Waals surface area contributed by atoms with Crippen LogP contribution in [0.25, 0.3) is 0 Å². The molecule has 0 aliphatic rings. The minimum Gasteiger partial charge on any atom is -0.457 e. The van der Waals surface area contributed by atoms with Crippen molar-refractivity contribution in [3.63, 3.8) is 0 Å². The molecule has 0 fully saturated rings. The molecular formula is C18H23N4O7PS. The van der Waals surface area contributed by atoms with Crippen molar-refractivity contribution in [1.29, 1.82) is 0 Å². The van der Waals surface area contributed by atoms with Crippen LogP contribution in [0.1, 0.15) is 41.0 Å². The van der Waals surface area contributed by atoms with Crippen molar-refractivity contribution >= 4 is 36.9 Å². The lowest BCUT2D eigenvalue weighted by molar-refractivity contribution is -0.116. The Labute approximate surface area is 182 Å². The fraction of sp³-hybridized carbons (Fsp3) is 0.333. The quantitative estimate of drug-likeness (QED) is 0.344. The Morgan fingerprint density at radius 2 is 2.10 bits per heavy atom. The van der Waals surface area contributed by atoms with Crippen molar-refractivity contribution in [3.8, 4) is 0 Å². The minimum absolute atomic E-state index is 0.0305. The van der Waals surface area contributed by atoms with E-state index in [-0.39, 0.29) is 31.2 Å². The van der Waals surface area contributed by atoms with E-state index in [2.05, 4.69) is 14.5 Å². The number of thioether (sulfide) groups is 1. The van der Waals surface area contributed by atoms with Gasteiger partial charge in [-0.3, -0.25) is 14.1 Å². The average Bonchev–Trinajstić information content (AvgIpc) is 3.11. The molecule has 168 valence electrons. The Morgan fingerprint density at radius 3 is 2.65 bits per heavy atom. The molecule has 2 aromatic rings. The first-order chi connectivity index (χ1) is 14.5. The van der Waals surface area contributed by atoms with Gasteiger partial charge in [-0.15, -0.1) is 0 Å². The average molecular weight is 470 g/mol. The standard InChI is InChI=1S/C18H23N4O7PS/c1-11-4-5-15(29-11)18(24)31-16(6-7-28-30(25,26)27)12(2)22(10-23)9-14-8-20-13(3)21-17(14)19/h4-5,8,10H,6-7,9H2,1-3H3,(H2,19,20,21)(H2,25,26,27)/b16-12-. The zero-order valence-corrected chi connectivity index (χ0v) is 18.9. The monoisotopic (exact) mass is 470 g/mol. The largest absolute Gasteiger partial charge is 0.469 e. The van der Waals surface area contributed by atoms with Gasteiger partial charge in [-0.2, -0.15) is 0 Å². The SMILES string of the molecule is C/C(=C(\CCOP(=O)(O)O)SC(=O)c1ccc(C)o1)N(C=O)Cc1cnc(C)nc1N. The Balaban J connectivity index is 2.30. The Hall–Kier alpha value is -2.50. The molecule has 0 spiro atoms. The summed E-state index contributed by atoms with van der Waals surface area (Å²) in [5.74, 6) is 1.36. The number of phosphoric ester groups is 1. The smallest absolute Gasteiger partial charge is 0.457 e. The lowest BCUT2D eigenvalue weighted by Crippen LogP contribution is -2.22. The van der Waals surface area contributed by atoms with Crippen molar-refractivity contribution in [3.05, 3.63) is 51.8 Å². The molecule has 31 heavy (non-hydrogen) atoms. The first-order valence-corrected chi connectivity index (χ1v) is 11.3. The fourth-order valence-electron chi connectivity index (χ4n) is 2.48. The summed E-state index contributed by atoms with van der Waals surface area (Å²) < 4.78 is 20.8. The van der Waals surface area contributed by atoms with Crippen LogP contribution in [0.2, 0.25) is 0 Å². The molecule has 0 radical (unpaired) electrons. The number of hydrogen-bond acceptors (Lipinski definition) is 9. The maximum absolute atomic E-state index is 12.6. The van der Waals surface area contributed by atoms with Crippen LogP contribution >= 0.6 is 19.6 Å². The summed E-state index contributed by atoms with van der Waals surface area (Å²) in [7, 11) is -4.69. The molecule has 0 aliphatic carbocycles. The van der Waals surface area contributed by atoms with E-state index in [1.807, 2.05) is 0 Å². The molecule has 0 aromatic carbocycles. The van der Waals surface area contributed by atoms with Gasteiger partial charge in [0.15, 0.2) is 5.76 Å². The number of amides is 1. The predicted molar refractivity (Wildman–Crippen MR) is 113 cm³/mol. The summed E-state index contributed by atoms with van der Waals surface area (Å²) in [6.45, 7) is 4.65. The van der Waals surface area contributed by atoms with E-state index in [4.69, 9.17) is 19.9 Å². The Kier molecular flexibility index (Phi) is 8.54. The van der Waals surface area contributed by atoms with E-state index < -0.39 is 12.9 Å². The second-order valence-corrected chi connectivity index (χ2v) is 8.75. The summed E-state index contributed by atoms with van der Waals surface area (Å²) in [5, 5.41) is -0.428. The number of rotatable bonds is 10. The summed E-state index contributed by atoms with van der Waals surface area (Å²) in [5.41, 5.74) is 6.78. The van der Waals surface area contributed by atoms with Crippen LogP contribution in [0, 0.1) is 13.8 Å². The zero-order valence-electron chi connectivity index (χ0n) is 17.1. The molecule has 13 heteroatoms. The molecule has 0 saturated heterocycles. The maximum Gasteiger partial charge on any atom is 0.469 e. The number of nitrogen functional groups attached to an aromatic ring is 1. The number of hydrogen-bond donors (Lipinski definition) is 3. The van der Waals surface area contributed by atoms with Gasteiger partial charge in [-0.25, -0.2) is 14.5 Å². The number of furan rings is 1. The summed E-state index contributed by atoms with van der Waals surface area (Å²) in [4.78, 5) is 52.0. The molecule has 0 atom stereocenters. The molecule has 0 saturated carbocycles. The number of carbonyl (C=O) groups excluding carboxylic acids is 2. The maximum atomic E-state index is 12.6. The predicted octanol–water partition coefficient (Wildman–Crippen LogP) is 2.53. The van der Waals surface area contributed by atoms with Gasteiger partial charge in [-0.1, -0.05) is 0 Å². The number of aromatic nitrogens is 2. The van der Waals surface area contributed by atoms with Crippen molar-refractivity contribution in [2.24, 2.45) is 0 Å². The third-order valence-electron chi connectivity index (χ3n) is 4.07. The van der Waals surface area contributed by atoms with Crippen LogP contribution in [0.3, 0.4) is 0 Å². The first kappa shape index (κ1) is 24.8. The van der Waals surface area contributed by atoms with Crippen LogP contribution in [0.15, 0.2) is 33.3 Å². The number of nitrogens with zero attached hydrogens (tertiary/aromatic N) is 3. The van der Waals surface area contributed by atoms with Crippen molar-refractivity contribution in [2.45, 2.75) is 33.7 Å². The molecule has 2 rings (SSSR count). The zero-order chi connectivity index (χ0) is 23.2. The summed E-state index contributed by atoms with van der Waals surface area (Å²) >= 11 is 0.782. The number of anilines is 1. The number of nitrogens with two attached hydrogens (primary N) is 1. The molecule has 11 nitrogen and oxygen atoms in total. The Bertz CT molecular complexity index is 1030. The Morgan fingerprint density at radius 1 is 1.39 bits per heavy atom. The molecule has 0 unspecified atom stereocenters. The molecule has 0 bridgehead atoms. The van der Waals surface area contributed by atoms with E-state index in [0.717, 1.165) is 11.8 Å². The van der Waals surface area contributed by atoms with Crippen LogP contribution < -0.4 is 5.73 Å². The topological polar surface area (TPSA) is 169 Å². The highest BCUT2D eigenvalue weighted by Gasteiger charge is 2.21. The van der Waals surface area contributed by atoms with Gasteiger partial charge in [0, 0.05) is 28.8 Å². The summed E-state index contributed by atoms with van der Waals surface area (Å²) in [6.07, 6.45) is 2.03. The highest BCUT2D eigenvalue weighted by molar-refractivity contribution is 8.17. The van der Waals surface area contributed by atoms with Gasteiger partial charge in [0.25, 0.3) is 5.12 Å². The van der Waals surface area contributed by atoms with Crippen molar-refractivity contribution in [1.82, 2.24) is 14.9 Å². The van der Waals surface area contributed by atoms with Gasteiger partial charge in [-0.05, 0) is 44.7 Å². The third-order valence-corrected chi connectivity index (χ3v) is 5.72. The van der Waals surface area contributed by atoms with Crippen LogP contribution in [-0.2, 0) is 20.4 Å². The fourth-order valence-corrected chi connectivity index (χ4v) is 3.70. The molecule has 2 heterocycles. The first-order valence-electron chi connectivity index (χ1n) is 8.98. The number of carbonyl (C=O) groups is 2. The van der Waals surface area contributed by atoms with Gasteiger partial charge < -0.3 is 24.8 Å². The van der Waals surface area contributed by atoms with Gasteiger partial charge in [0.1, 0.15) is 17.4 Å². The minimum atomic E-state index is -4.69. The van der Waals surface area contributed by atoms with E-state index in [0.29, 0.717) is 34.2 Å². The van der Waals surface area contributed by atoms with E-state index in [9.17, 15) is 14.2 Å². The van der Waals surface area contributed by atoms with E-state index in [1.54, 1.807) is 26.8 Å². The van der Waals surface area contributed by atoms with Crippen molar-refractivity contribution < 1.29 is 32.9 Å².